The van der Waals surface area contributed by atoms with Crippen LogP contribution in [0.25, 0.3) is 0 Å². The number of fused-ring (bicyclic) bond motifs is 2. The van der Waals surface area contributed by atoms with Crippen LogP contribution in [0.5, 0.6) is 0 Å². The molecule has 38 heavy (non-hydrogen) atoms. The van der Waals surface area contributed by atoms with Crippen molar-refractivity contribution < 1.29 is 45.5 Å². The molecule has 0 aromatic rings. The Morgan fingerprint density at radius 2 is 1.03 bits per heavy atom. The minimum atomic E-state index is -4.78. The topological polar surface area (TPSA) is 74.8 Å². The number of nitrogens with zero attached hydrogens (tertiary/aromatic N) is 2. The number of hydrogen-bond acceptors (Lipinski definition) is 4. The zero-order chi connectivity index (χ0) is 27.9. The van der Waals surface area contributed by atoms with Crippen molar-refractivity contribution in [3.63, 3.8) is 0 Å². The van der Waals surface area contributed by atoms with Crippen LogP contribution in [-0.2, 0) is 19.2 Å². The molecular weight excluding hydrogens is 518 g/mol. The molecular formula is C26H32F6N2O4. The Hall–Kier alpha value is -2.14. The van der Waals surface area contributed by atoms with Gasteiger partial charge in [-0.05, 0) is 62.7 Å². The van der Waals surface area contributed by atoms with Crippen molar-refractivity contribution >= 4 is 23.6 Å². The van der Waals surface area contributed by atoms with Gasteiger partial charge in [0.05, 0.1) is 35.5 Å². The number of amides is 4. The average Bonchev–Trinajstić information content (AvgIpc) is 3.21. The summed E-state index contributed by atoms with van der Waals surface area (Å²) in [6, 6.07) is -1.07. The minimum Gasteiger partial charge on any atom is -0.285 e. The maximum absolute atomic E-state index is 14.3. The van der Waals surface area contributed by atoms with Gasteiger partial charge in [0.25, 0.3) is 0 Å². The lowest BCUT2D eigenvalue weighted by Crippen LogP contribution is -2.51. The van der Waals surface area contributed by atoms with Crippen LogP contribution < -0.4 is 0 Å². The Kier molecular flexibility index (Phi) is 6.65. The van der Waals surface area contributed by atoms with E-state index < -0.39 is 95.8 Å². The van der Waals surface area contributed by atoms with E-state index in [-0.39, 0.29) is 44.4 Å². The highest BCUT2D eigenvalue weighted by Crippen LogP contribution is 2.55. The van der Waals surface area contributed by atoms with E-state index in [0.29, 0.717) is 6.42 Å². The molecule has 0 aromatic heterocycles. The average molecular weight is 551 g/mol. The molecule has 5 rings (SSSR count). The van der Waals surface area contributed by atoms with Gasteiger partial charge in [0.1, 0.15) is 0 Å². The first kappa shape index (κ1) is 27.4. The van der Waals surface area contributed by atoms with Gasteiger partial charge in [0.15, 0.2) is 0 Å². The van der Waals surface area contributed by atoms with Gasteiger partial charge < -0.3 is 0 Å². The molecule has 2 saturated heterocycles. The molecule has 212 valence electrons. The highest BCUT2D eigenvalue weighted by molar-refractivity contribution is 6.09. The largest absolute Gasteiger partial charge is 0.392 e. The second-order valence-electron chi connectivity index (χ2n) is 12.2. The van der Waals surface area contributed by atoms with Gasteiger partial charge in [0.2, 0.25) is 23.6 Å². The van der Waals surface area contributed by atoms with Crippen LogP contribution in [-0.4, -0.2) is 58.9 Å². The summed E-state index contributed by atoms with van der Waals surface area (Å²) in [5.41, 5.74) is 0. The third-order valence-corrected chi connectivity index (χ3v) is 10.2. The molecule has 0 spiro atoms. The molecule has 0 bridgehead atoms. The van der Waals surface area contributed by atoms with Crippen molar-refractivity contribution in [2.24, 2.45) is 53.3 Å². The summed E-state index contributed by atoms with van der Waals surface area (Å²) in [7, 11) is 1.35. The second kappa shape index (κ2) is 9.21. The molecule has 10 atom stereocenters. The maximum atomic E-state index is 14.3. The lowest BCUT2D eigenvalue weighted by molar-refractivity contribution is -0.238. The second-order valence-corrected chi connectivity index (χ2v) is 12.2. The van der Waals surface area contributed by atoms with Crippen LogP contribution >= 0.6 is 0 Å². The van der Waals surface area contributed by atoms with E-state index in [9.17, 15) is 45.5 Å². The maximum Gasteiger partial charge on any atom is 0.392 e. The van der Waals surface area contributed by atoms with Crippen molar-refractivity contribution in [3.8, 4) is 0 Å². The summed E-state index contributed by atoms with van der Waals surface area (Å²) in [5, 5.41) is 0. The Morgan fingerprint density at radius 3 is 1.50 bits per heavy atom. The number of rotatable bonds is 2. The lowest BCUT2D eigenvalue weighted by Gasteiger charge is -2.47. The van der Waals surface area contributed by atoms with Crippen molar-refractivity contribution in [1.29, 1.82) is 0 Å². The molecule has 2 heterocycles. The fourth-order valence-corrected chi connectivity index (χ4v) is 8.32. The van der Waals surface area contributed by atoms with Gasteiger partial charge in [0, 0.05) is 13.1 Å². The predicted molar refractivity (Wildman–Crippen MR) is 120 cm³/mol. The van der Waals surface area contributed by atoms with Gasteiger partial charge in [-0.25, -0.2) is 0 Å². The zero-order valence-corrected chi connectivity index (χ0v) is 21.2. The zero-order valence-electron chi connectivity index (χ0n) is 21.2. The molecule has 12 heteroatoms. The molecule has 3 saturated carbocycles. The summed E-state index contributed by atoms with van der Waals surface area (Å²) in [6.45, 7) is 1.68. The fourth-order valence-electron chi connectivity index (χ4n) is 8.32. The van der Waals surface area contributed by atoms with Gasteiger partial charge in [-0.15, -0.1) is 0 Å². The molecule has 5 aliphatic rings. The van der Waals surface area contributed by atoms with E-state index in [0.717, 1.165) is 9.80 Å². The summed E-state index contributed by atoms with van der Waals surface area (Å²) in [6.07, 6.45) is -9.83. The van der Waals surface area contributed by atoms with Gasteiger partial charge in [-0.1, -0.05) is 13.3 Å². The minimum absolute atomic E-state index is 0.00309. The highest BCUT2D eigenvalue weighted by Gasteiger charge is 2.62. The van der Waals surface area contributed by atoms with E-state index in [1.807, 2.05) is 0 Å². The molecule has 4 amide bonds. The van der Waals surface area contributed by atoms with Crippen molar-refractivity contribution in [2.45, 2.75) is 76.7 Å². The Balaban J connectivity index is 1.37. The lowest BCUT2D eigenvalue weighted by atomic mass is 9.61. The molecule has 3 aliphatic carbocycles. The van der Waals surface area contributed by atoms with Gasteiger partial charge in [-0.2, -0.15) is 26.3 Å². The fraction of sp³-hybridized carbons (Fsp3) is 0.846. The van der Waals surface area contributed by atoms with Crippen molar-refractivity contribution in [2.75, 3.05) is 7.05 Å². The summed E-state index contributed by atoms with van der Waals surface area (Å²) < 4.78 is 84.6. The van der Waals surface area contributed by atoms with E-state index in [2.05, 4.69) is 0 Å². The summed E-state index contributed by atoms with van der Waals surface area (Å²) in [5.74, 6) is -11.8. The van der Waals surface area contributed by atoms with Crippen molar-refractivity contribution in [3.05, 3.63) is 0 Å². The number of hydrogen-bond donors (Lipinski definition) is 0. The van der Waals surface area contributed by atoms with Gasteiger partial charge >= 0.3 is 12.4 Å². The predicted octanol–water partition coefficient (Wildman–Crippen LogP) is 4.57. The van der Waals surface area contributed by atoms with E-state index in [1.165, 1.54) is 7.05 Å². The molecule has 0 N–H and O–H groups in total. The molecule has 2 aliphatic heterocycles. The van der Waals surface area contributed by atoms with Gasteiger partial charge in [-0.3, -0.25) is 29.0 Å². The van der Waals surface area contributed by atoms with E-state index in [4.69, 9.17) is 0 Å². The molecule has 5 fully saturated rings. The summed E-state index contributed by atoms with van der Waals surface area (Å²) in [4.78, 5) is 53.5. The highest BCUT2D eigenvalue weighted by atomic mass is 19.4. The van der Waals surface area contributed by atoms with Crippen LogP contribution in [0.1, 0.15) is 58.3 Å². The third-order valence-electron chi connectivity index (χ3n) is 10.2. The molecule has 6 nitrogen and oxygen atoms in total. The first-order valence-electron chi connectivity index (χ1n) is 13.4. The third kappa shape index (κ3) is 4.33. The Bertz CT molecular complexity index is 986. The summed E-state index contributed by atoms with van der Waals surface area (Å²) >= 11 is 0. The number of carbonyl (C=O) groups is 4. The van der Waals surface area contributed by atoms with Crippen molar-refractivity contribution in [1.82, 2.24) is 9.80 Å². The number of likely N-dealkylation sites (tertiary alicyclic amines) is 2. The number of carbonyl (C=O) groups excluding carboxylic acids is 4. The quantitative estimate of drug-likeness (QED) is 0.373. The van der Waals surface area contributed by atoms with Crippen LogP contribution in [0.4, 0.5) is 26.3 Å². The van der Waals surface area contributed by atoms with Crippen LogP contribution in [0.3, 0.4) is 0 Å². The van der Waals surface area contributed by atoms with E-state index >= 15 is 0 Å². The smallest absolute Gasteiger partial charge is 0.285 e. The van der Waals surface area contributed by atoms with Crippen LogP contribution in [0.15, 0.2) is 0 Å². The normalized spacial score (nSPS) is 42.5. The first-order chi connectivity index (χ1) is 17.6. The molecule has 0 aromatic carbocycles. The number of alkyl halides is 6. The molecule has 10 unspecified atom stereocenters. The van der Waals surface area contributed by atoms with E-state index in [1.54, 1.807) is 6.92 Å². The first-order valence-corrected chi connectivity index (χ1v) is 13.4. The van der Waals surface area contributed by atoms with Crippen LogP contribution in [0, 0.1) is 53.3 Å². The molecule has 0 radical (unpaired) electrons. The number of imide groups is 2. The SMILES string of the molecule is CC1CCC(C2CCC(N3C(=O)C4CC5C(=O)N(C)C(=O)C5CC4C3=O)CC2C(F)(F)F)C(C(F)(F)F)C1. The standard InChI is InChI=1S/C26H32F6N2O4/c1-11-3-5-13(19(7-11)25(27,28)29)14-6-4-12(8-20(14)26(30,31)32)34-23(37)17-9-15-16(10-18(17)24(34)38)22(36)33(2)21(15)35/h11-20H,3-10H2,1-2H3. The van der Waals surface area contributed by atoms with Crippen LogP contribution in [0.2, 0.25) is 0 Å². The Labute approximate surface area is 216 Å². The number of halogens is 6. The Morgan fingerprint density at radius 1 is 0.605 bits per heavy atom. The monoisotopic (exact) mass is 550 g/mol.